The highest BCUT2D eigenvalue weighted by Gasteiger charge is 2.27. The number of rotatable bonds is 4. The first-order valence-electron chi connectivity index (χ1n) is 5.85. The van der Waals surface area contributed by atoms with Gasteiger partial charge >= 0.3 is 0 Å². The SMILES string of the molecule is CCNC1CSCC1Cc1ccccc1Cl. The first-order chi connectivity index (χ1) is 7.81. The lowest BCUT2D eigenvalue weighted by Crippen LogP contribution is -2.36. The summed E-state index contributed by atoms with van der Waals surface area (Å²) in [5.41, 5.74) is 1.29. The summed E-state index contributed by atoms with van der Waals surface area (Å²) in [7, 11) is 0. The quantitative estimate of drug-likeness (QED) is 0.887. The molecule has 1 aliphatic heterocycles. The second kappa shape index (κ2) is 5.95. The minimum atomic E-state index is 0.659. The number of hydrogen-bond acceptors (Lipinski definition) is 2. The van der Waals surface area contributed by atoms with Gasteiger partial charge in [-0.15, -0.1) is 0 Å². The van der Waals surface area contributed by atoms with Gasteiger partial charge in [0.1, 0.15) is 0 Å². The summed E-state index contributed by atoms with van der Waals surface area (Å²) in [5.74, 6) is 3.22. The van der Waals surface area contributed by atoms with Gasteiger partial charge in [0.25, 0.3) is 0 Å². The molecule has 1 saturated heterocycles. The molecule has 1 heterocycles. The van der Waals surface area contributed by atoms with E-state index in [1.54, 1.807) is 0 Å². The van der Waals surface area contributed by atoms with E-state index < -0.39 is 0 Å². The van der Waals surface area contributed by atoms with Crippen LogP contribution in [0.3, 0.4) is 0 Å². The van der Waals surface area contributed by atoms with E-state index in [0.717, 1.165) is 23.9 Å². The molecule has 0 aromatic heterocycles. The smallest absolute Gasteiger partial charge is 0.0438 e. The molecule has 3 heteroatoms. The van der Waals surface area contributed by atoms with Crippen LogP contribution in [-0.4, -0.2) is 24.1 Å². The highest BCUT2D eigenvalue weighted by Crippen LogP contribution is 2.29. The minimum absolute atomic E-state index is 0.659. The van der Waals surface area contributed by atoms with Crippen molar-refractivity contribution in [2.45, 2.75) is 19.4 Å². The number of hydrogen-bond donors (Lipinski definition) is 1. The van der Waals surface area contributed by atoms with Crippen molar-refractivity contribution in [2.24, 2.45) is 5.92 Å². The molecule has 0 bridgehead atoms. The highest BCUT2D eigenvalue weighted by molar-refractivity contribution is 7.99. The molecule has 1 aliphatic rings. The summed E-state index contributed by atoms with van der Waals surface area (Å²) in [6.07, 6.45) is 1.10. The third-order valence-electron chi connectivity index (χ3n) is 3.10. The summed E-state index contributed by atoms with van der Waals surface area (Å²) in [6.45, 7) is 3.24. The Hall–Kier alpha value is -0.180. The van der Waals surface area contributed by atoms with Crippen LogP contribution in [0.2, 0.25) is 5.02 Å². The van der Waals surface area contributed by atoms with Gasteiger partial charge in [-0.3, -0.25) is 0 Å². The average Bonchev–Trinajstić information content (AvgIpc) is 2.70. The van der Waals surface area contributed by atoms with Gasteiger partial charge in [0.15, 0.2) is 0 Å². The lowest BCUT2D eigenvalue weighted by atomic mass is 9.95. The van der Waals surface area contributed by atoms with Crippen molar-refractivity contribution >= 4 is 23.4 Å². The van der Waals surface area contributed by atoms with E-state index in [1.807, 2.05) is 23.9 Å². The lowest BCUT2D eigenvalue weighted by molar-refractivity contribution is 0.434. The van der Waals surface area contributed by atoms with Crippen molar-refractivity contribution in [3.05, 3.63) is 34.9 Å². The summed E-state index contributed by atoms with van der Waals surface area (Å²) >= 11 is 8.25. The molecule has 1 N–H and O–H groups in total. The van der Waals surface area contributed by atoms with Crippen molar-refractivity contribution in [1.29, 1.82) is 0 Å². The molecule has 16 heavy (non-hydrogen) atoms. The molecule has 1 aromatic rings. The van der Waals surface area contributed by atoms with Gasteiger partial charge in [0, 0.05) is 16.8 Å². The second-order valence-electron chi connectivity index (χ2n) is 4.26. The van der Waals surface area contributed by atoms with Crippen LogP contribution < -0.4 is 5.32 Å². The van der Waals surface area contributed by atoms with Gasteiger partial charge < -0.3 is 5.32 Å². The van der Waals surface area contributed by atoms with E-state index in [0.29, 0.717) is 6.04 Å². The summed E-state index contributed by atoms with van der Waals surface area (Å²) in [6, 6.07) is 8.87. The Morgan fingerprint density at radius 3 is 2.94 bits per heavy atom. The molecular weight excluding hydrogens is 238 g/mol. The second-order valence-corrected chi connectivity index (χ2v) is 5.74. The van der Waals surface area contributed by atoms with Gasteiger partial charge in [-0.1, -0.05) is 36.7 Å². The van der Waals surface area contributed by atoms with E-state index in [4.69, 9.17) is 11.6 Å². The Morgan fingerprint density at radius 2 is 2.19 bits per heavy atom. The van der Waals surface area contributed by atoms with Gasteiger partial charge in [-0.25, -0.2) is 0 Å². The van der Waals surface area contributed by atoms with Crippen molar-refractivity contribution in [3.63, 3.8) is 0 Å². The zero-order valence-corrected chi connectivity index (χ0v) is 11.2. The van der Waals surface area contributed by atoms with E-state index >= 15 is 0 Å². The molecule has 0 saturated carbocycles. The molecule has 0 amide bonds. The predicted octanol–water partition coefficient (Wildman–Crippen LogP) is 3.22. The largest absolute Gasteiger partial charge is 0.313 e. The monoisotopic (exact) mass is 255 g/mol. The van der Waals surface area contributed by atoms with Crippen molar-refractivity contribution in [2.75, 3.05) is 18.1 Å². The van der Waals surface area contributed by atoms with Gasteiger partial charge in [0.2, 0.25) is 0 Å². The van der Waals surface area contributed by atoms with Gasteiger partial charge in [-0.05, 0) is 36.3 Å². The zero-order chi connectivity index (χ0) is 11.4. The molecule has 1 nitrogen and oxygen atoms in total. The molecule has 2 rings (SSSR count). The topological polar surface area (TPSA) is 12.0 Å². The first-order valence-corrected chi connectivity index (χ1v) is 7.39. The minimum Gasteiger partial charge on any atom is -0.313 e. The Morgan fingerprint density at radius 1 is 1.38 bits per heavy atom. The molecule has 2 unspecified atom stereocenters. The summed E-state index contributed by atoms with van der Waals surface area (Å²) in [4.78, 5) is 0. The first kappa shape index (κ1) is 12.3. The Balaban J connectivity index is 2.01. The fraction of sp³-hybridized carbons (Fsp3) is 0.538. The third kappa shape index (κ3) is 2.93. The molecular formula is C13H18ClNS. The number of nitrogens with one attached hydrogen (secondary N) is 1. The van der Waals surface area contributed by atoms with Crippen LogP contribution in [0.4, 0.5) is 0 Å². The van der Waals surface area contributed by atoms with E-state index in [9.17, 15) is 0 Å². The normalized spacial score (nSPS) is 24.9. The molecule has 0 radical (unpaired) electrons. The van der Waals surface area contributed by atoms with Gasteiger partial charge in [0.05, 0.1) is 0 Å². The summed E-state index contributed by atoms with van der Waals surface area (Å²) < 4.78 is 0. The fourth-order valence-electron chi connectivity index (χ4n) is 2.23. The van der Waals surface area contributed by atoms with E-state index in [-0.39, 0.29) is 0 Å². The van der Waals surface area contributed by atoms with Crippen LogP contribution in [-0.2, 0) is 6.42 Å². The number of thioether (sulfide) groups is 1. The molecule has 1 fully saturated rings. The molecule has 0 spiro atoms. The molecule has 0 aliphatic carbocycles. The van der Waals surface area contributed by atoms with E-state index in [2.05, 4.69) is 24.4 Å². The molecule has 2 atom stereocenters. The number of benzene rings is 1. The Bertz CT molecular complexity index is 342. The summed E-state index contributed by atoms with van der Waals surface area (Å²) in [5, 5.41) is 4.48. The third-order valence-corrected chi connectivity index (χ3v) is 4.73. The fourth-order valence-corrected chi connectivity index (χ4v) is 3.88. The van der Waals surface area contributed by atoms with Gasteiger partial charge in [-0.2, -0.15) is 11.8 Å². The van der Waals surface area contributed by atoms with Crippen molar-refractivity contribution in [3.8, 4) is 0 Å². The van der Waals surface area contributed by atoms with Crippen LogP contribution in [0.25, 0.3) is 0 Å². The van der Waals surface area contributed by atoms with Crippen molar-refractivity contribution in [1.82, 2.24) is 5.32 Å². The average molecular weight is 256 g/mol. The number of halogens is 1. The maximum Gasteiger partial charge on any atom is 0.0438 e. The predicted molar refractivity (Wildman–Crippen MR) is 73.4 cm³/mol. The van der Waals surface area contributed by atoms with Crippen LogP contribution >= 0.6 is 23.4 Å². The standard InChI is InChI=1S/C13H18ClNS/c1-2-15-13-9-16-8-11(13)7-10-5-3-4-6-12(10)14/h3-6,11,13,15H,2,7-9H2,1H3. The van der Waals surface area contributed by atoms with Crippen LogP contribution in [0.15, 0.2) is 24.3 Å². The van der Waals surface area contributed by atoms with Crippen LogP contribution in [0.1, 0.15) is 12.5 Å². The van der Waals surface area contributed by atoms with Crippen LogP contribution in [0, 0.1) is 5.92 Å². The zero-order valence-electron chi connectivity index (χ0n) is 9.58. The Kier molecular flexibility index (Phi) is 4.56. The Labute approximate surface area is 107 Å². The van der Waals surface area contributed by atoms with E-state index in [1.165, 1.54) is 17.1 Å². The highest BCUT2D eigenvalue weighted by atomic mass is 35.5. The van der Waals surface area contributed by atoms with Crippen molar-refractivity contribution < 1.29 is 0 Å². The van der Waals surface area contributed by atoms with Crippen LogP contribution in [0.5, 0.6) is 0 Å². The molecule has 88 valence electrons. The lowest BCUT2D eigenvalue weighted by Gasteiger charge is -2.19. The molecule has 1 aromatic carbocycles. The maximum absolute atomic E-state index is 6.20. The maximum atomic E-state index is 6.20.